The number of rotatable bonds is 3. The van der Waals surface area contributed by atoms with Crippen LogP contribution >= 0.6 is 0 Å². The van der Waals surface area contributed by atoms with E-state index < -0.39 is 0 Å². The van der Waals surface area contributed by atoms with Crippen molar-refractivity contribution in [3.8, 4) is 0 Å². The molecule has 3 nitrogen and oxygen atoms in total. The van der Waals surface area contributed by atoms with Gasteiger partial charge in [0.15, 0.2) is 0 Å². The van der Waals surface area contributed by atoms with E-state index in [2.05, 4.69) is 116 Å². The van der Waals surface area contributed by atoms with Gasteiger partial charge in [-0.15, -0.1) is 0 Å². The van der Waals surface area contributed by atoms with Gasteiger partial charge >= 0.3 is 0 Å². The number of furan rings is 2. The van der Waals surface area contributed by atoms with E-state index >= 15 is 0 Å². The van der Waals surface area contributed by atoms with Gasteiger partial charge in [-0.25, -0.2) is 0 Å². The summed E-state index contributed by atoms with van der Waals surface area (Å²) in [6.07, 6.45) is 18.9. The first kappa shape index (κ1) is 23.9. The highest BCUT2D eigenvalue weighted by molar-refractivity contribution is 6.05. The summed E-state index contributed by atoms with van der Waals surface area (Å²) in [6.45, 7) is 6.21. The van der Waals surface area contributed by atoms with Crippen molar-refractivity contribution in [3.05, 3.63) is 142 Å². The second-order valence-corrected chi connectivity index (χ2v) is 12.0. The van der Waals surface area contributed by atoms with Gasteiger partial charge in [-0.1, -0.05) is 72.9 Å². The van der Waals surface area contributed by atoms with Crippen LogP contribution in [0.25, 0.3) is 40.2 Å². The lowest BCUT2D eigenvalue weighted by Gasteiger charge is -2.38. The molecular weight excluding hydrogens is 514 g/mol. The van der Waals surface area contributed by atoms with E-state index in [1.54, 1.807) is 0 Å². The smallest absolute Gasteiger partial charge is 0.135 e. The highest BCUT2D eigenvalue weighted by Gasteiger charge is 2.46. The van der Waals surface area contributed by atoms with Gasteiger partial charge in [-0.2, -0.15) is 0 Å². The predicted octanol–water partition coefficient (Wildman–Crippen LogP) is 10.5. The fourth-order valence-electron chi connectivity index (χ4n) is 7.73. The van der Waals surface area contributed by atoms with E-state index in [9.17, 15) is 0 Å². The summed E-state index contributed by atoms with van der Waals surface area (Å²) in [5, 5.41) is 2.30. The first-order valence-corrected chi connectivity index (χ1v) is 15.0. The van der Waals surface area contributed by atoms with Crippen molar-refractivity contribution in [2.24, 2.45) is 0 Å². The molecule has 0 bridgehead atoms. The maximum absolute atomic E-state index is 6.49. The Balaban J connectivity index is 1.23. The molecule has 0 fully saturated rings. The number of hydrogen-bond donors (Lipinski definition) is 0. The van der Waals surface area contributed by atoms with Crippen LogP contribution in [0.3, 0.4) is 0 Å². The standard InChI is InChI=1S/C39H31NO2/c1-3-24-13-17-35-30(21-24)31-22-25(14-18-36(31)41-35)26-15-12-23(2)20-33(26)40-32-10-6-4-8-27(32)28-16-19-37-38(39(28)40)29-9-5-7-11-34(29)42-37/h3-6,8-10,12-14,16-22,26,28,39H,1,7,11,15H2,2H3. The topological polar surface area (TPSA) is 29.5 Å². The molecule has 3 atom stereocenters. The molecule has 3 aromatic carbocycles. The zero-order chi connectivity index (χ0) is 27.9. The second-order valence-electron chi connectivity index (χ2n) is 12.0. The molecule has 42 heavy (non-hydrogen) atoms. The molecule has 3 heterocycles. The van der Waals surface area contributed by atoms with Gasteiger partial charge in [0.1, 0.15) is 22.7 Å². The van der Waals surface area contributed by atoms with Crippen LogP contribution < -0.4 is 4.90 Å². The molecule has 0 saturated heterocycles. The van der Waals surface area contributed by atoms with Crippen LogP contribution in [0, 0.1) is 0 Å². The third-order valence-corrected chi connectivity index (χ3v) is 9.68. The van der Waals surface area contributed by atoms with E-state index in [0.29, 0.717) is 0 Å². The Bertz CT molecular complexity index is 2080. The molecule has 3 aliphatic carbocycles. The molecule has 3 unspecified atom stereocenters. The molecule has 0 radical (unpaired) electrons. The average molecular weight is 546 g/mol. The van der Waals surface area contributed by atoms with E-state index in [1.807, 2.05) is 6.08 Å². The van der Waals surface area contributed by atoms with Gasteiger partial charge < -0.3 is 13.7 Å². The summed E-state index contributed by atoms with van der Waals surface area (Å²) < 4.78 is 12.7. The Labute approximate surface area is 245 Å². The van der Waals surface area contributed by atoms with Gasteiger partial charge in [0.2, 0.25) is 0 Å². The number of anilines is 1. The number of allylic oxidation sites excluding steroid dienone is 5. The van der Waals surface area contributed by atoms with Crippen molar-refractivity contribution >= 4 is 45.9 Å². The Morgan fingerprint density at radius 3 is 2.71 bits per heavy atom. The molecule has 0 amide bonds. The normalized spacial score (nSPS) is 22.0. The van der Waals surface area contributed by atoms with Gasteiger partial charge in [0.25, 0.3) is 0 Å². The average Bonchev–Trinajstić information content (AvgIpc) is 3.69. The second kappa shape index (κ2) is 8.87. The minimum absolute atomic E-state index is 0.158. The Morgan fingerprint density at radius 2 is 1.81 bits per heavy atom. The molecule has 0 N–H and O–H groups in total. The van der Waals surface area contributed by atoms with Gasteiger partial charge in [-0.3, -0.25) is 0 Å². The zero-order valence-corrected chi connectivity index (χ0v) is 23.6. The van der Waals surface area contributed by atoms with Crippen LogP contribution in [-0.4, -0.2) is 0 Å². The van der Waals surface area contributed by atoms with Crippen molar-refractivity contribution in [2.75, 3.05) is 4.90 Å². The third kappa shape index (κ3) is 3.34. The predicted molar refractivity (Wildman–Crippen MR) is 173 cm³/mol. The molecule has 5 aromatic rings. The van der Waals surface area contributed by atoms with Crippen LogP contribution in [0.5, 0.6) is 0 Å². The molecule has 9 rings (SSSR count). The SMILES string of the molecule is C=Cc1ccc2oc3ccc(C4CC=C(C)C=C4N4c5ccccc5C5C=Cc6oc7c(c6C54)C=CCC7)cc3c2c1. The van der Waals surface area contributed by atoms with Gasteiger partial charge in [-0.05, 0) is 78.9 Å². The first-order valence-electron chi connectivity index (χ1n) is 15.0. The highest BCUT2D eigenvalue weighted by atomic mass is 16.3. The monoisotopic (exact) mass is 545 g/mol. The number of benzene rings is 3. The molecule has 4 aliphatic rings. The maximum atomic E-state index is 6.49. The lowest BCUT2D eigenvalue weighted by Crippen LogP contribution is -2.31. The van der Waals surface area contributed by atoms with Crippen molar-refractivity contribution in [1.82, 2.24) is 0 Å². The molecule has 0 saturated carbocycles. The number of para-hydroxylation sites is 1. The van der Waals surface area contributed by atoms with Crippen LogP contribution in [0.15, 0.2) is 112 Å². The maximum Gasteiger partial charge on any atom is 0.135 e. The number of aryl methyl sites for hydroxylation is 1. The summed E-state index contributed by atoms with van der Waals surface area (Å²) >= 11 is 0. The minimum Gasteiger partial charge on any atom is -0.461 e. The Morgan fingerprint density at radius 1 is 0.952 bits per heavy atom. The third-order valence-electron chi connectivity index (χ3n) is 9.68. The van der Waals surface area contributed by atoms with Crippen LogP contribution in [0.2, 0.25) is 0 Å². The molecule has 204 valence electrons. The van der Waals surface area contributed by atoms with Gasteiger partial charge in [0.05, 0.1) is 6.04 Å². The Kier molecular flexibility index (Phi) is 5.05. The largest absolute Gasteiger partial charge is 0.461 e. The summed E-state index contributed by atoms with van der Waals surface area (Å²) in [5.41, 5.74) is 12.2. The molecule has 0 spiro atoms. The van der Waals surface area contributed by atoms with E-state index in [-0.39, 0.29) is 17.9 Å². The van der Waals surface area contributed by atoms with Crippen molar-refractivity contribution < 1.29 is 8.83 Å². The first-order chi connectivity index (χ1) is 20.7. The van der Waals surface area contributed by atoms with E-state index in [4.69, 9.17) is 8.83 Å². The molecule has 2 aromatic heterocycles. The van der Waals surface area contributed by atoms with Crippen molar-refractivity contribution in [2.45, 2.75) is 44.1 Å². The minimum atomic E-state index is 0.158. The zero-order valence-electron chi connectivity index (χ0n) is 23.6. The highest BCUT2D eigenvalue weighted by Crippen LogP contribution is 2.58. The number of hydrogen-bond acceptors (Lipinski definition) is 3. The lowest BCUT2D eigenvalue weighted by molar-refractivity contribution is 0.490. The molecule has 3 heteroatoms. The fourth-order valence-corrected chi connectivity index (χ4v) is 7.73. The van der Waals surface area contributed by atoms with E-state index in [0.717, 1.165) is 58.3 Å². The quantitative estimate of drug-likeness (QED) is 0.226. The van der Waals surface area contributed by atoms with E-state index in [1.165, 1.54) is 39.2 Å². The molecule has 1 aliphatic heterocycles. The van der Waals surface area contributed by atoms with Crippen molar-refractivity contribution in [1.29, 1.82) is 0 Å². The van der Waals surface area contributed by atoms with Crippen LogP contribution in [-0.2, 0) is 6.42 Å². The summed E-state index contributed by atoms with van der Waals surface area (Å²) in [4.78, 5) is 2.65. The van der Waals surface area contributed by atoms with Gasteiger partial charge in [0, 0.05) is 51.5 Å². The molecular formula is C39H31NO2. The number of fused-ring (bicyclic) bond motifs is 10. The van der Waals surface area contributed by atoms with Crippen molar-refractivity contribution in [3.63, 3.8) is 0 Å². The fraction of sp³-hybridized carbons (Fsp3) is 0.179. The summed E-state index contributed by atoms with van der Waals surface area (Å²) in [7, 11) is 0. The van der Waals surface area contributed by atoms with Crippen LogP contribution in [0.4, 0.5) is 5.69 Å². The summed E-state index contributed by atoms with van der Waals surface area (Å²) in [5.74, 6) is 2.64. The lowest BCUT2D eigenvalue weighted by atomic mass is 9.81. The van der Waals surface area contributed by atoms with Crippen LogP contribution in [0.1, 0.15) is 77.0 Å². The summed E-state index contributed by atoms with van der Waals surface area (Å²) in [6, 6.07) is 22.2. The Hall–Kier alpha value is -4.76. The number of nitrogens with zero attached hydrogens (tertiary/aromatic N) is 1.